The number of carbonyl (C=O) groups excluding carboxylic acids is 1. The van der Waals surface area contributed by atoms with E-state index < -0.39 is 12.0 Å². The molecule has 1 aliphatic rings. The highest BCUT2D eigenvalue weighted by molar-refractivity contribution is 5.82. The van der Waals surface area contributed by atoms with E-state index in [0.29, 0.717) is 6.42 Å². The molecule has 0 aromatic heterocycles. The molecule has 0 aliphatic carbocycles. The third-order valence-corrected chi connectivity index (χ3v) is 2.40. The summed E-state index contributed by atoms with van der Waals surface area (Å²) in [5.41, 5.74) is 0. The predicted octanol–water partition coefficient (Wildman–Crippen LogP) is 0.655. The number of amides is 2. The molecule has 1 rings (SSSR count). The number of carboxylic acid groups (broad SMARTS) is 1. The zero-order chi connectivity index (χ0) is 10.6. The molecule has 5 heteroatoms. The number of urea groups is 1. The fourth-order valence-electron chi connectivity index (χ4n) is 1.50. The Balaban J connectivity index is 2.41. The first-order chi connectivity index (χ1) is 6.65. The molecule has 2 N–H and O–H groups in total. The molecule has 0 bridgehead atoms. The maximum absolute atomic E-state index is 11.5. The lowest BCUT2D eigenvalue weighted by atomic mass is 10.2. The molecular weight excluding hydrogens is 184 g/mol. The lowest BCUT2D eigenvalue weighted by Crippen LogP contribution is -2.46. The normalized spacial score (nSPS) is 17.9. The quantitative estimate of drug-likeness (QED) is 0.703. The summed E-state index contributed by atoms with van der Waals surface area (Å²) >= 11 is 0. The van der Waals surface area contributed by atoms with Crippen LogP contribution in [0.3, 0.4) is 0 Å². The van der Waals surface area contributed by atoms with Gasteiger partial charge in [0.15, 0.2) is 0 Å². The van der Waals surface area contributed by atoms with Crippen molar-refractivity contribution >= 4 is 12.0 Å². The fourth-order valence-corrected chi connectivity index (χ4v) is 1.50. The first-order valence-electron chi connectivity index (χ1n) is 4.93. The topological polar surface area (TPSA) is 69.6 Å². The summed E-state index contributed by atoms with van der Waals surface area (Å²) in [6.45, 7) is 3.22. The van der Waals surface area contributed by atoms with Gasteiger partial charge in [0.25, 0.3) is 0 Å². The van der Waals surface area contributed by atoms with Gasteiger partial charge in [-0.2, -0.15) is 0 Å². The molecule has 1 unspecified atom stereocenters. The monoisotopic (exact) mass is 200 g/mol. The van der Waals surface area contributed by atoms with E-state index in [2.05, 4.69) is 5.32 Å². The molecule has 1 atom stereocenters. The maximum atomic E-state index is 11.5. The lowest BCUT2D eigenvalue weighted by Gasteiger charge is -2.19. The summed E-state index contributed by atoms with van der Waals surface area (Å²) in [6, 6.07) is -1.01. The number of carboxylic acids is 1. The number of hydrogen-bond acceptors (Lipinski definition) is 2. The van der Waals surface area contributed by atoms with Gasteiger partial charge < -0.3 is 15.3 Å². The standard InChI is InChI=1S/C9H16N2O3/c1-2-7(8(12)13)10-9(14)11-5-3-4-6-11/h7H,2-6H2,1H3,(H,10,14)(H,12,13). The van der Waals surface area contributed by atoms with Crippen LogP contribution in [0.4, 0.5) is 4.79 Å². The number of nitrogens with one attached hydrogen (secondary N) is 1. The third kappa shape index (κ3) is 2.61. The van der Waals surface area contributed by atoms with Gasteiger partial charge in [-0.05, 0) is 19.3 Å². The van der Waals surface area contributed by atoms with E-state index in [1.54, 1.807) is 11.8 Å². The molecule has 0 aromatic rings. The highest BCUT2D eigenvalue weighted by Gasteiger charge is 2.23. The van der Waals surface area contributed by atoms with E-state index in [1.807, 2.05) is 0 Å². The zero-order valence-corrected chi connectivity index (χ0v) is 8.32. The van der Waals surface area contributed by atoms with Crippen LogP contribution < -0.4 is 5.32 Å². The van der Waals surface area contributed by atoms with Crippen LogP contribution in [0.15, 0.2) is 0 Å². The highest BCUT2D eigenvalue weighted by atomic mass is 16.4. The van der Waals surface area contributed by atoms with Gasteiger partial charge in [0.05, 0.1) is 0 Å². The second kappa shape index (κ2) is 4.83. The minimum atomic E-state index is -0.972. The summed E-state index contributed by atoms with van der Waals surface area (Å²) in [5.74, 6) is -0.972. The van der Waals surface area contributed by atoms with Crippen molar-refractivity contribution in [1.29, 1.82) is 0 Å². The first kappa shape index (κ1) is 10.8. The second-order valence-electron chi connectivity index (χ2n) is 3.44. The van der Waals surface area contributed by atoms with E-state index in [0.717, 1.165) is 25.9 Å². The number of likely N-dealkylation sites (tertiary alicyclic amines) is 1. The minimum Gasteiger partial charge on any atom is -0.480 e. The molecule has 5 nitrogen and oxygen atoms in total. The van der Waals surface area contributed by atoms with E-state index in [-0.39, 0.29) is 6.03 Å². The van der Waals surface area contributed by atoms with Crippen molar-refractivity contribution < 1.29 is 14.7 Å². The van der Waals surface area contributed by atoms with Crippen molar-refractivity contribution in [2.75, 3.05) is 13.1 Å². The fraction of sp³-hybridized carbons (Fsp3) is 0.778. The minimum absolute atomic E-state index is 0.253. The second-order valence-corrected chi connectivity index (χ2v) is 3.44. The van der Waals surface area contributed by atoms with Crippen molar-refractivity contribution in [3.05, 3.63) is 0 Å². The summed E-state index contributed by atoms with van der Waals surface area (Å²) < 4.78 is 0. The van der Waals surface area contributed by atoms with Gasteiger partial charge in [0, 0.05) is 13.1 Å². The lowest BCUT2D eigenvalue weighted by molar-refractivity contribution is -0.139. The molecule has 0 saturated carbocycles. The van der Waals surface area contributed by atoms with Gasteiger partial charge in [0.2, 0.25) is 0 Å². The number of nitrogens with zero attached hydrogens (tertiary/aromatic N) is 1. The van der Waals surface area contributed by atoms with E-state index >= 15 is 0 Å². The molecule has 0 aromatic carbocycles. The summed E-state index contributed by atoms with van der Waals surface area (Å²) in [6.07, 6.45) is 2.43. The Morgan fingerprint density at radius 3 is 2.43 bits per heavy atom. The van der Waals surface area contributed by atoms with Crippen LogP contribution in [0.2, 0.25) is 0 Å². The SMILES string of the molecule is CCC(NC(=O)N1CCCC1)C(=O)O. The molecule has 1 fully saturated rings. The van der Waals surface area contributed by atoms with Crippen molar-refractivity contribution in [3.8, 4) is 0 Å². The first-order valence-corrected chi connectivity index (χ1v) is 4.93. The van der Waals surface area contributed by atoms with Gasteiger partial charge >= 0.3 is 12.0 Å². The van der Waals surface area contributed by atoms with Gasteiger partial charge in [-0.1, -0.05) is 6.92 Å². The van der Waals surface area contributed by atoms with Crippen molar-refractivity contribution in [2.24, 2.45) is 0 Å². The average Bonchev–Trinajstić information content (AvgIpc) is 2.65. The summed E-state index contributed by atoms with van der Waals surface area (Å²) in [4.78, 5) is 23.8. The van der Waals surface area contributed by atoms with Crippen LogP contribution in [-0.2, 0) is 4.79 Å². The molecule has 0 spiro atoms. The Morgan fingerprint density at radius 1 is 1.43 bits per heavy atom. The molecule has 0 radical (unpaired) electrons. The van der Waals surface area contributed by atoms with Gasteiger partial charge in [-0.3, -0.25) is 0 Å². The van der Waals surface area contributed by atoms with Crippen LogP contribution in [0.25, 0.3) is 0 Å². The average molecular weight is 200 g/mol. The smallest absolute Gasteiger partial charge is 0.326 e. The van der Waals surface area contributed by atoms with E-state index in [1.165, 1.54) is 0 Å². The van der Waals surface area contributed by atoms with Gasteiger partial charge in [0.1, 0.15) is 6.04 Å². The highest BCUT2D eigenvalue weighted by Crippen LogP contribution is 2.07. The Morgan fingerprint density at radius 2 is 2.00 bits per heavy atom. The number of carbonyl (C=O) groups is 2. The van der Waals surface area contributed by atoms with Gasteiger partial charge in [-0.15, -0.1) is 0 Å². The summed E-state index contributed by atoms with van der Waals surface area (Å²) in [7, 11) is 0. The third-order valence-electron chi connectivity index (χ3n) is 2.40. The zero-order valence-electron chi connectivity index (χ0n) is 8.32. The molecular formula is C9H16N2O3. The Labute approximate surface area is 83.1 Å². The van der Waals surface area contributed by atoms with Crippen molar-refractivity contribution in [3.63, 3.8) is 0 Å². The Bertz CT molecular complexity index is 224. The molecule has 1 aliphatic heterocycles. The number of rotatable bonds is 3. The van der Waals surface area contributed by atoms with E-state index in [9.17, 15) is 9.59 Å². The molecule has 1 heterocycles. The van der Waals surface area contributed by atoms with Crippen LogP contribution in [0.1, 0.15) is 26.2 Å². The largest absolute Gasteiger partial charge is 0.480 e. The van der Waals surface area contributed by atoms with Crippen molar-refractivity contribution in [2.45, 2.75) is 32.2 Å². The molecule has 14 heavy (non-hydrogen) atoms. The van der Waals surface area contributed by atoms with Crippen LogP contribution in [-0.4, -0.2) is 41.1 Å². The van der Waals surface area contributed by atoms with Crippen LogP contribution >= 0.6 is 0 Å². The molecule has 2 amide bonds. The number of aliphatic carboxylic acids is 1. The maximum Gasteiger partial charge on any atom is 0.326 e. The summed E-state index contributed by atoms with van der Waals surface area (Å²) in [5, 5.41) is 11.2. The Kier molecular flexibility index (Phi) is 3.73. The predicted molar refractivity (Wildman–Crippen MR) is 51.1 cm³/mol. The molecule has 1 saturated heterocycles. The molecule has 80 valence electrons. The van der Waals surface area contributed by atoms with Crippen LogP contribution in [0, 0.1) is 0 Å². The van der Waals surface area contributed by atoms with Crippen LogP contribution in [0.5, 0.6) is 0 Å². The number of hydrogen-bond donors (Lipinski definition) is 2. The van der Waals surface area contributed by atoms with E-state index in [4.69, 9.17) is 5.11 Å². The van der Waals surface area contributed by atoms with Gasteiger partial charge in [-0.25, -0.2) is 9.59 Å². The Hall–Kier alpha value is -1.26. The van der Waals surface area contributed by atoms with Crippen molar-refractivity contribution in [1.82, 2.24) is 10.2 Å².